The molecule has 4 heterocycles. The maximum absolute atomic E-state index is 14.1. The van der Waals surface area contributed by atoms with Crippen LogP contribution in [0.4, 0.5) is 13.6 Å². The van der Waals surface area contributed by atoms with Crippen LogP contribution in [0.15, 0.2) is 53.6 Å². The molecule has 2 atom stereocenters. The Morgan fingerprint density at radius 1 is 1.11 bits per heavy atom. The molecule has 5 rings (SSSR count). The summed E-state index contributed by atoms with van der Waals surface area (Å²) < 4.78 is 54.1. The van der Waals surface area contributed by atoms with E-state index < -0.39 is 71.9 Å². The quantitative estimate of drug-likeness (QED) is 0.258. The highest BCUT2D eigenvalue weighted by Gasteiger charge is 2.43. The van der Waals surface area contributed by atoms with E-state index in [1.165, 1.54) is 15.7 Å². The lowest BCUT2D eigenvalue weighted by molar-refractivity contribution is -0.149. The minimum atomic E-state index is -1.35. The van der Waals surface area contributed by atoms with E-state index >= 15 is 0 Å². The lowest BCUT2D eigenvalue weighted by Crippen LogP contribution is -2.49. The molecule has 1 saturated heterocycles. The summed E-state index contributed by atoms with van der Waals surface area (Å²) in [6.07, 6.45) is 0.640. The molecular weight excluding hydrogens is 602 g/mol. The maximum atomic E-state index is 14.1. The molecule has 0 aliphatic carbocycles. The molecule has 1 unspecified atom stereocenters. The number of amides is 2. The molecule has 1 aromatic carbocycles. The van der Waals surface area contributed by atoms with Crippen LogP contribution in [0.1, 0.15) is 39.0 Å². The van der Waals surface area contributed by atoms with Gasteiger partial charge in [0.1, 0.15) is 23.8 Å². The van der Waals surface area contributed by atoms with Gasteiger partial charge in [-0.05, 0) is 25.1 Å². The molecule has 2 aliphatic heterocycles. The summed E-state index contributed by atoms with van der Waals surface area (Å²) in [5.41, 5.74) is -1.27. The highest BCUT2D eigenvalue weighted by Crippen LogP contribution is 2.30. The van der Waals surface area contributed by atoms with E-state index in [4.69, 9.17) is 18.9 Å². The van der Waals surface area contributed by atoms with E-state index in [1.807, 2.05) is 0 Å². The second-order valence-electron chi connectivity index (χ2n) is 9.90. The Hall–Kier alpha value is -5.38. The largest absolute Gasteiger partial charge is 0.511 e. The predicted molar refractivity (Wildman–Crippen MR) is 146 cm³/mol. The van der Waals surface area contributed by atoms with Gasteiger partial charge in [0.15, 0.2) is 18.5 Å². The van der Waals surface area contributed by atoms with E-state index in [2.05, 4.69) is 15.0 Å². The van der Waals surface area contributed by atoms with Gasteiger partial charge in [-0.15, -0.1) is 0 Å². The summed E-state index contributed by atoms with van der Waals surface area (Å²) in [5.74, 6) is -4.74. The van der Waals surface area contributed by atoms with Crippen LogP contribution in [0, 0.1) is 11.6 Å². The van der Waals surface area contributed by atoms with Gasteiger partial charge in [-0.2, -0.15) is 0 Å². The SMILES string of the molecule is C[C@H]1COC2Cn3cc(C(=O)NCc4ccc(F)cc4F)c(=O)c(OCOC(=O)OCC(=O)OCc4ccccn4)c3C(=O)N21. The van der Waals surface area contributed by atoms with Crippen molar-refractivity contribution in [2.45, 2.75) is 38.9 Å². The average Bonchev–Trinajstić information content (AvgIpc) is 3.40. The number of hydrogen-bond acceptors (Lipinski definition) is 11. The highest BCUT2D eigenvalue weighted by molar-refractivity contribution is 5.99. The molecule has 14 nitrogen and oxygen atoms in total. The Bertz CT molecular complexity index is 1680. The standard InChI is InChI=1S/C29H26F2N4O10/c1-16-12-41-22-11-34-10-20(27(38)33-9-17-5-6-18(30)8-21(17)31)25(37)26(24(34)28(39)35(16)22)44-15-45-29(40)43-14-23(36)42-13-19-4-2-3-7-32-19/h2-8,10,16,22H,9,11-15H2,1H3,(H,33,38)/t16-,22?/m0/s1. The second-order valence-corrected chi connectivity index (χ2v) is 9.90. The number of carbonyl (C=O) groups excluding carboxylic acids is 4. The topological polar surface area (TPSA) is 165 Å². The molecule has 2 aromatic heterocycles. The lowest BCUT2D eigenvalue weighted by atomic mass is 10.1. The monoisotopic (exact) mass is 628 g/mol. The number of esters is 1. The molecule has 1 N–H and O–H groups in total. The van der Waals surface area contributed by atoms with Gasteiger partial charge in [-0.3, -0.25) is 19.4 Å². The number of hydrogen-bond donors (Lipinski definition) is 1. The number of aromatic nitrogens is 2. The highest BCUT2D eigenvalue weighted by atomic mass is 19.1. The van der Waals surface area contributed by atoms with Crippen LogP contribution in [0.25, 0.3) is 0 Å². The third kappa shape index (κ3) is 7.06. The van der Waals surface area contributed by atoms with E-state index in [0.29, 0.717) is 11.8 Å². The van der Waals surface area contributed by atoms with Crippen LogP contribution < -0.4 is 15.5 Å². The number of halogens is 2. The maximum Gasteiger partial charge on any atom is 0.511 e. The van der Waals surface area contributed by atoms with Crippen molar-refractivity contribution >= 4 is 23.9 Å². The van der Waals surface area contributed by atoms with E-state index in [0.717, 1.165) is 18.3 Å². The van der Waals surface area contributed by atoms with Crippen LogP contribution >= 0.6 is 0 Å². The Labute approximate surface area is 253 Å². The van der Waals surface area contributed by atoms with E-state index in [1.54, 1.807) is 25.1 Å². The number of benzene rings is 1. The fourth-order valence-corrected chi connectivity index (χ4v) is 4.67. The minimum Gasteiger partial charge on any atom is -0.457 e. The smallest absolute Gasteiger partial charge is 0.457 e. The summed E-state index contributed by atoms with van der Waals surface area (Å²) in [5, 5.41) is 2.39. The molecule has 0 radical (unpaired) electrons. The van der Waals surface area contributed by atoms with Gasteiger partial charge in [-0.1, -0.05) is 12.1 Å². The first-order valence-electron chi connectivity index (χ1n) is 13.5. The van der Waals surface area contributed by atoms with Crippen LogP contribution in [0.2, 0.25) is 0 Å². The summed E-state index contributed by atoms with van der Waals surface area (Å²) in [6, 6.07) is 7.51. The predicted octanol–water partition coefficient (Wildman–Crippen LogP) is 1.88. The normalized spacial score (nSPS) is 16.8. The molecule has 45 heavy (non-hydrogen) atoms. The van der Waals surface area contributed by atoms with Gasteiger partial charge in [0.05, 0.1) is 24.9 Å². The summed E-state index contributed by atoms with van der Waals surface area (Å²) in [7, 11) is 0. The summed E-state index contributed by atoms with van der Waals surface area (Å²) >= 11 is 0. The van der Waals surface area contributed by atoms with Gasteiger partial charge in [-0.25, -0.2) is 18.4 Å². The molecule has 2 aliphatic rings. The Balaban J connectivity index is 1.27. The molecule has 236 valence electrons. The average molecular weight is 629 g/mol. The number of nitrogens with zero attached hydrogens (tertiary/aromatic N) is 3. The fourth-order valence-electron chi connectivity index (χ4n) is 4.67. The van der Waals surface area contributed by atoms with Gasteiger partial charge in [0.25, 0.3) is 11.8 Å². The number of rotatable bonds is 10. The van der Waals surface area contributed by atoms with Gasteiger partial charge in [0, 0.05) is 30.6 Å². The zero-order chi connectivity index (χ0) is 32.1. The van der Waals surface area contributed by atoms with Crippen LogP contribution in [-0.4, -0.2) is 70.7 Å². The number of ether oxygens (including phenoxy) is 5. The summed E-state index contributed by atoms with van der Waals surface area (Å²) in [4.78, 5) is 69.2. The van der Waals surface area contributed by atoms with Crippen molar-refractivity contribution in [2.75, 3.05) is 20.0 Å². The Morgan fingerprint density at radius 2 is 1.93 bits per heavy atom. The number of carbonyl (C=O) groups is 4. The summed E-state index contributed by atoms with van der Waals surface area (Å²) in [6.45, 7) is -0.214. The fraction of sp³-hybridized carbons (Fsp3) is 0.310. The Kier molecular flexibility index (Phi) is 9.32. The first-order valence-corrected chi connectivity index (χ1v) is 13.5. The third-order valence-corrected chi connectivity index (χ3v) is 6.84. The van der Waals surface area contributed by atoms with Crippen LogP contribution in [0.5, 0.6) is 5.75 Å². The van der Waals surface area contributed by atoms with Crippen molar-refractivity contribution in [3.05, 3.63) is 93.2 Å². The Morgan fingerprint density at radius 3 is 2.69 bits per heavy atom. The van der Waals surface area contributed by atoms with Gasteiger partial charge >= 0.3 is 12.1 Å². The van der Waals surface area contributed by atoms with Crippen molar-refractivity contribution in [1.82, 2.24) is 19.8 Å². The second kappa shape index (κ2) is 13.5. The van der Waals surface area contributed by atoms with Crippen molar-refractivity contribution in [1.29, 1.82) is 0 Å². The molecule has 3 aromatic rings. The third-order valence-electron chi connectivity index (χ3n) is 6.84. The van der Waals surface area contributed by atoms with Gasteiger partial charge in [0.2, 0.25) is 18.0 Å². The van der Waals surface area contributed by atoms with E-state index in [-0.39, 0.29) is 43.6 Å². The first kappa shape index (κ1) is 31.1. The zero-order valence-corrected chi connectivity index (χ0v) is 23.7. The molecule has 0 spiro atoms. The van der Waals surface area contributed by atoms with Crippen LogP contribution in [0.3, 0.4) is 0 Å². The van der Waals surface area contributed by atoms with Crippen LogP contribution in [-0.2, 0) is 43.4 Å². The van der Waals surface area contributed by atoms with Crippen molar-refractivity contribution in [3.8, 4) is 5.75 Å². The molecule has 16 heteroatoms. The minimum absolute atomic E-state index is 0.0361. The molecule has 2 amide bonds. The van der Waals surface area contributed by atoms with Crippen molar-refractivity contribution in [2.24, 2.45) is 0 Å². The van der Waals surface area contributed by atoms with Gasteiger partial charge < -0.3 is 38.5 Å². The van der Waals surface area contributed by atoms with E-state index in [9.17, 15) is 32.8 Å². The number of nitrogens with one attached hydrogen (secondary N) is 1. The number of fused-ring (bicyclic) bond motifs is 2. The number of pyridine rings is 2. The zero-order valence-electron chi connectivity index (χ0n) is 23.7. The molecular formula is C29H26F2N4O10. The molecule has 0 saturated carbocycles. The van der Waals surface area contributed by atoms with Crippen molar-refractivity contribution < 1.29 is 51.6 Å². The van der Waals surface area contributed by atoms with Crippen molar-refractivity contribution in [3.63, 3.8) is 0 Å². The lowest BCUT2D eigenvalue weighted by Gasteiger charge is -2.34. The first-order chi connectivity index (χ1) is 21.6. The molecule has 0 bridgehead atoms. The molecule has 1 fully saturated rings.